The zero-order chi connectivity index (χ0) is 36.0. The third kappa shape index (κ3) is 22.8. The minimum Gasteiger partial charge on any atom is -0.494 e. The third-order valence-corrected chi connectivity index (χ3v) is 9.10. The molecule has 0 radical (unpaired) electrons. The SMILES string of the molecule is CC(=O)Oc1ccc(OCCCCCCOC2CCCCO2)cc1.Cc1ccc(OCCCCCCCCCCCCOC2CCCCO2)cc1. The van der Waals surface area contributed by atoms with Gasteiger partial charge in [0.25, 0.3) is 0 Å². The predicted octanol–water partition coefficient (Wildman–Crippen LogP) is 10.9. The Bertz CT molecular complexity index is 1090. The fraction of sp³-hybridized carbons (Fsp3) is 0.698. The molecule has 2 aromatic carbocycles. The summed E-state index contributed by atoms with van der Waals surface area (Å²) in [4.78, 5) is 10.8. The molecule has 0 saturated carbocycles. The molecule has 288 valence electrons. The van der Waals surface area contributed by atoms with E-state index in [4.69, 9.17) is 33.2 Å². The quantitative estimate of drug-likeness (QED) is 0.0572. The summed E-state index contributed by atoms with van der Waals surface area (Å²) >= 11 is 0. The van der Waals surface area contributed by atoms with E-state index < -0.39 is 0 Å². The Morgan fingerprint density at radius 3 is 1.29 bits per heavy atom. The standard InChI is InChI=1S/C24H40O3.C19H28O5/c1-22-15-17-23(18-16-22)25-19-11-8-6-4-2-3-5-7-9-12-20-26-24-14-10-13-21-27-24;1-16(20)24-18-11-9-17(10-12-18)21-13-5-2-3-6-14-22-19-8-4-7-15-23-19/h15-18,24H,2-14,19-21H2,1H3;9-12,19H,2-8,13-15H2,1H3. The minimum absolute atomic E-state index is 0.0250. The molecule has 2 saturated heterocycles. The lowest BCUT2D eigenvalue weighted by molar-refractivity contribution is -0.163. The minimum atomic E-state index is -0.317. The molecule has 0 spiro atoms. The Hall–Kier alpha value is -2.65. The van der Waals surface area contributed by atoms with Crippen LogP contribution in [0, 0.1) is 6.92 Å². The molecule has 2 aromatic rings. The molecule has 51 heavy (non-hydrogen) atoms. The van der Waals surface area contributed by atoms with Gasteiger partial charge in [-0.15, -0.1) is 0 Å². The number of hydrogen-bond acceptors (Lipinski definition) is 8. The Kier molecular flexibility index (Phi) is 24.2. The number of aryl methyl sites for hydroxylation is 1. The molecule has 8 nitrogen and oxygen atoms in total. The molecule has 0 aromatic heterocycles. The number of ether oxygens (including phenoxy) is 7. The van der Waals surface area contributed by atoms with Crippen molar-refractivity contribution in [3.8, 4) is 17.2 Å². The molecule has 0 N–H and O–H groups in total. The first kappa shape index (κ1) is 42.8. The second-order valence-corrected chi connectivity index (χ2v) is 13.9. The molecule has 8 heteroatoms. The van der Waals surface area contributed by atoms with Gasteiger partial charge in [-0.2, -0.15) is 0 Å². The van der Waals surface area contributed by atoms with E-state index in [0.717, 1.165) is 89.5 Å². The third-order valence-electron chi connectivity index (χ3n) is 9.10. The molecule has 2 aliphatic heterocycles. The molecule has 2 atom stereocenters. The van der Waals surface area contributed by atoms with Crippen LogP contribution in [0.25, 0.3) is 0 Å². The Labute approximate surface area is 309 Å². The monoisotopic (exact) mass is 712 g/mol. The van der Waals surface area contributed by atoms with E-state index in [1.54, 1.807) is 12.1 Å². The summed E-state index contributed by atoms with van der Waals surface area (Å²) in [6.07, 6.45) is 24.5. The van der Waals surface area contributed by atoms with E-state index in [-0.39, 0.29) is 18.5 Å². The highest BCUT2D eigenvalue weighted by molar-refractivity contribution is 5.69. The molecule has 2 aliphatic rings. The second-order valence-electron chi connectivity index (χ2n) is 13.9. The molecule has 0 amide bonds. The topological polar surface area (TPSA) is 81.7 Å². The first-order chi connectivity index (χ1) is 25.1. The van der Waals surface area contributed by atoms with Gasteiger partial charge in [-0.25, -0.2) is 0 Å². The molecule has 0 aliphatic carbocycles. The number of carbonyl (C=O) groups excluding carboxylic acids is 1. The van der Waals surface area contributed by atoms with Crippen molar-refractivity contribution in [2.45, 2.75) is 155 Å². The number of unbranched alkanes of at least 4 members (excludes halogenated alkanes) is 12. The summed E-state index contributed by atoms with van der Waals surface area (Å²) in [5.74, 6) is 2.01. The summed E-state index contributed by atoms with van der Waals surface area (Å²) in [7, 11) is 0. The lowest BCUT2D eigenvalue weighted by atomic mass is 10.1. The molecule has 4 rings (SSSR count). The maximum absolute atomic E-state index is 10.8. The number of rotatable bonds is 25. The smallest absolute Gasteiger partial charge is 0.308 e. The zero-order valence-corrected chi connectivity index (χ0v) is 31.9. The molecule has 2 heterocycles. The van der Waals surface area contributed by atoms with Gasteiger partial charge in [0.05, 0.1) is 13.2 Å². The largest absolute Gasteiger partial charge is 0.494 e. The zero-order valence-electron chi connectivity index (χ0n) is 31.9. The van der Waals surface area contributed by atoms with Crippen LogP contribution in [-0.2, 0) is 23.7 Å². The fourth-order valence-electron chi connectivity index (χ4n) is 6.08. The van der Waals surface area contributed by atoms with Crippen LogP contribution in [0.15, 0.2) is 48.5 Å². The van der Waals surface area contributed by atoms with E-state index in [1.165, 1.54) is 96.0 Å². The van der Waals surface area contributed by atoms with Crippen LogP contribution in [0.4, 0.5) is 0 Å². The Morgan fingerprint density at radius 2 is 0.902 bits per heavy atom. The van der Waals surface area contributed by atoms with E-state index in [1.807, 2.05) is 12.1 Å². The average molecular weight is 713 g/mol. The van der Waals surface area contributed by atoms with Gasteiger partial charge in [-0.05, 0) is 114 Å². The first-order valence-corrected chi connectivity index (χ1v) is 20.2. The summed E-state index contributed by atoms with van der Waals surface area (Å²) < 4.78 is 39.0. The van der Waals surface area contributed by atoms with Crippen molar-refractivity contribution in [1.82, 2.24) is 0 Å². The van der Waals surface area contributed by atoms with E-state index >= 15 is 0 Å². The second kappa shape index (κ2) is 28.9. The number of esters is 1. The van der Waals surface area contributed by atoms with Crippen molar-refractivity contribution in [3.05, 3.63) is 54.1 Å². The van der Waals surface area contributed by atoms with Gasteiger partial charge in [-0.1, -0.05) is 75.5 Å². The summed E-state index contributed by atoms with van der Waals surface area (Å²) in [5, 5.41) is 0. The van der Waals surface area contributed by atoms with Crippen molar-refractivity contribution < 1.29 is 38.0 Å². The predicted molar refractivity (Wildman–Crippen MR) is 204 cm³/mol. The van der Waals surface area contributed by atoms with Gasteiger partial charge in [0.1, 0.15) is 17.2 Å². The lowest BCUT2D eigenvalue weighted by Gasteiger charge is -2.22. The number of carbonyl (C=O) groups is 1. The Morgan fingerprint density at radius 1 is 0.529 bits per heavy atom. The average Bonchev–Trinajstić information content (AvgIpc) is 3.15. The van der Waals surface area contributed by atoms with Gasteiger partial charge in [0.15, 0.2) is 12.6 Å². The van der Waals surface area contributed by atoms with Gasteiger partial charge in [0, 0.05) is 33.4 Å². The van der Waals surface area contributed by atoms with Crippen molar-refractivity contribution >= 4 is 5.97 Å². The number of benzene rings is 2. The van der Waals surface area contributed by atoms with Gasteiger partial charge in [-0.3, -0.25) is 4.79 Å². The van der Waals surface area contributed by atoms with Crippen LogP contribution >= 0.6 is 0 Å². The van der Waals surface area contributed by atoms with Crippen LogP contribution in [0.3, 0.4) is 0 Å². The fourth-order valence-corrected chi connectivity index (χ4v) is 6.08. The summed E-state index contributed by atoms with van der Waals surface area (Å²) in [5.41, 5.74) is 1.28. The van der Waals surface area contributed by atoms with E-state index in [9.17, 15) is 4.79 Å². The van der Waals surface area contributed by atoms with Crippen molar-refractivity contribution in [2.24, 2.45) is 0 Å². The van der Waals surface area contributed by atoms with E-state index in [2.05, 4.69) is 31.2 Å². The number of hydrogen-bond donors (Lipinski definition) is 0. The highest BCUT2D eigenvalue weighted by Gasteiger charge is 2.14. The highest BCUT2D eigenvalue weighted by atomic mass is 16.7. The molecule has 0 bridgehead atoms. The maximum Gasteiger partial charge on any atom is 0.308 e. The summed E-state index contributed by atoms with van der Waals surface area (Å²) in [6, 6.07) is 15.4. The molecule has 2 unspecified atom stereocenters. The van der Waals surface area contributed by atoms with Crippen LogP contribution in [-0.4, -0.2) is 58.2 Å². The van der Waals surface area contributed by atoms with Gasteiger partial charge in [0.2, 0.25) is 0 Å². The summed E-state index contributed by atoms with van der Waals surface area (Å²) in [6.45, 7) is 8.40. The van der Waals surface area contributed by atoms with Crippen molar-refractivity contribution in [1.29, 1.82) is 0 Å². The van der Waals surface area contributed by atoms with Crippen LogP contribution < -0.4 is 14.2 Å². The van der Waals surface area contributed by atoms with Crippen molar-refractivity contribution in [3.63, 3.8) is 0 Å². The highest BCUT2D eigenvalue weighted by Crippen LogP contribution is 2.19. The van der Waals surface area contributed by atoms with Gasteiger partial charge < -0.3 is 33.2 Å². The van der Waals surface area contributed by atoms with Gasteiger partial charge >= 0.3 is 5.97 Å². The van der Waals surface area contributed by atoms with Crippen LogP contribution in [0.5, 0.6) is 17.2 Å². The molecular weight excluding hydrogens is 644 g/mol. The van der Waals surface area contributed by atoms with Crippen molar-refractivity contribution in [2.75, 3.05) is 39.6 Å². The molecular formula is C43H68O8. The first-order valence-electron chi connectivity index (χ1n) is 20.2. The lowest BCUT2D eigenvalue weighted by Crippen LogP contribution is -2.22. The van der Waals surface area contributed by atoms with E-state index in [0.29, 0.717) is 12.4 Å². The molecule has 2 fully saturated rings. The van der Waals surface area contributed by atoms with Crippen LogP contribution in [0.2, 0.25) is 0 Å². The normalized spacial score (nSPS) is 17.3. The Balaban J connectivity index is 0.000000277. The maximum atomic E-state index is 10.8. The van der Waals surface area contributed by atoms with Crippen LogP contribution in [0.1, 0.15) is 141 Å².